The number of anilines is 1. The monoisotopic (exact) mass is 326 g/mol. The molecule has 0 fully saturated rings. The van der Waals surface area contributed by atoms with Gasteiger partial charge in [0, 0.05) is 22.9 Å². The number of hydrogen-bond acceptors (Lipinski definition) is 6. The van der Waals surface area contributed by atoms with Crippen LogP contribution in [0, 0.1) is 0 Å². The third-order valence-corrected chi connectivity index (χ3v) is 5.36. The number of benzene rings is 1. The first kappa shape index (κ1) is 14.2. The van der Waals surface area contributed by atoms with E-state index < -0.39 is 10.0 Å². The van der Waals surface area contributed by atoms with Crippen molar-refractivity contribution in [2.45, 2.75) is 11.4 Å². The van der Waals surface area contributed by atoms with E-state index in [1.165, 1.54) is 11.3 Å². The number of sulfonamides is 1. The van der Waals surface area contributed by atoms with Gasteiger partial charge in [-0.15, -0.1) is 11.3 Å². The number of thiophene rings is 1. The van der Waals surface area contributed by atoms with Gasteiger partial charge in [0.05, 0.1) is 10.6 Å². The van der Waals surface area contributed by atoms with Crippen molar-refractivity contribution in [2.24, 2.45) is 0 Å². The molecule has 0 saturated heterocycles. The maximum atomic E-state index is 12.3. The van der Waals surface area contributed by atoms with E-state index in [1.54, 1.807) is 29.6 Å². The van der Waals surface area contributed by atoms with Gasteiger partial charge in [0.2, 0.25) is 6.79 Å². The van der Waals surface area contributed by atoms with Gasteiger partial charge >= 0.3 is 0 Å². The van der Waals surface area contributed by atoms with Crippen LogP contribution in [0.3, 0.4) is 0 Å². The van der Waals surface area contributed by atoms with E-state index in [1.807, 2.05) is 7.05 Å². The topological polar surface area (TPSA) is 76.7 Å². The van der Waals surface area contributed by atoms with Crippen LogP contribution in [0.1, 0.15) is 4.88 Å². The lowest BCUT2D eigenvalue weighted by Crippen LogP contribution is -2.12. The number of hydrogen-bond donors (Lipinski definition) is 2. The van der Waals surface area contributed by atoms with E-state index in [0.717, 1.165) is 4.88 Å². The molecule has 0 aliphatic carbocycles. The van der Waals surface area contributed by atoms with Crippen molar-refractivity contribution in [3.8, 4) is 11.5 Å². The second-order valence-corrected chi connectivity index (χ2v) is 7.13. The molecule has 112 valence electrons. The molecule has 6 nitrogen and oxygen atoms in total. The smallest absolute Gasteiger partial charge is 0.262 e. The SMILES string of the molecule is CNCc1cc(S(=O)(=O)Nc2ccc3c(c2)OCO3)cs1. The molecule has 0 saturated carbocycles. The molecule has 8 heteroatoms. The summed E-state index contributed by atoms with van der Waals surface area (Å²) in [5.74, 6) is 1.15. The van der Waals surface area contributed by atoms with Crippen LogP contribution in [0.2, 0.25) is 0 Å². The quantitative estimate of drug-likeness (QED) is 0.879. The lowest BCUT2D eigenvalue weighted by Gasteiger charge is -2.07. The Kier molecular flexibility index (Phi) is 3.75. The first-order valence-electron chi connectivity index (χ1n) is 6.23. The highest BCUT2D eigenvalue weighted by atomic mass is 32.2. The zero-order valence-electron chi connectivity index (χ0n) is 11.3. The number of rotatable bonds is 5. The highest BCUT2D eigenvalue weighted by molar-refractivity contribution is 7.92. The Hall–Kier alpha value is -1.77. The predicted octanol–water partition coefficient (Wildman–Crippen LogP) is 2.00. The third-order valence-electron chi connectivity index (χ3n) is 2.92. The summed E-state index contributed by atoms with van der Waals surface area (Å²) in [7, 11) is -1.77. The van der Waals surface area contributed by atoms with Crippen LogP contribution in [-0.4, -0.2) is 22.3 Å². The Bertz CT molecular complexity index is 755. The Morgan fingerprint density at radius 2 is 2.05 bits per heavy atom. The van der Waals surface area contributed by atoms with E-state index in [0.29, 0.717) is 23.7 Å². The van der Waals surface area contributed by atoms with Crippen LogP contribution in [-0.2, 0) is 16.6 Å². The Morgan fingerprint density at radius 1 is 1.24 bits per heavy atom. The van der Waals surface area contributed by atoms with Gasteiger partial charge in [0.15, 0.2) is 11.5 Å². The summed E-state index contributed by atoms with van der Waals surface area (Å²) in [5, 5.41) is 4.62. The van der Waals surface area contributed by atoms with Gasteiger partial charge in [0.25, 0.3) is 10.0 Å². The van der Waals surface area contributed by atoms with Gasteiger partial charge in [-0.1, -0.05) is 0 Å². The number of nitrogens with one attached hydrogen (secondary N) is 2. The van der Waals surface area contributed by atoms with Crippen molar-refractivity contribution in [1.29, 1.82) is 0 Å². The molecular weight excluding hydrogens is 312 g/mol. The molecule has 3 rings (SSSR count). The average Bonchev–Trinajstić information content (AvgIpc) is 3.07. The van der Waals surface area contributed by atoms with Crippen molar-refractivity contribution in [2.75, 3.05) is 18.6 Å². The van der Waals surface area contributed by atoms with Gasteiger partial charge in [-0.05, 0) is 25.2 Å². The van der Waals surface area contributed by atoms with Crippen molar-refractivity contribution in [1.82, 2.24) is 5.32 Å². The summed E-state index contributed by atoms with van der Waals surface area (Å²) in [4.78, 5) is 1.22. The zero-order valence-corrected chi connectivity index (χ0v) is 12.9. The molecule has 1 aliphatic rings. The van der Waals surface area contributed by atoms with Crippen LogP contribution >= 0.6 is 11.3 Å². The Morgan fingerprint density at radius 3 is 2.86 bits per heavy atom. The summed E-state index contributed by atoms with van der Waals surface area (Å²) in [6.07, 6.45) is 0. The summed E-state index contributed by atoms with van der Waals surface area (Å²) < 4.78 is 37.6. The maximum Gasteiger partial charge on any atom is 0.262 e. The van der Waals surface area contributed by atoms with Gasteiger partial charge in [0.1, 0.15) is 0 Å². The summed E-state index contributed by atoms with van der Waals surface area (Å²) in [6.45, 7) is 0.799. The molecule has 0 radical (unpaired) electrons. The van der Waals surface area contributed by atoms with Crippen molar-refractivity contribution >= 4 is 27.0 Å². The molecule has 1 aliphatic heterocycles. The van der Waals surface area contributed by atoms with Crippen LogP contribution in [0.15, 0.2) is 34.5 Å². The van der Waals surface area contributed by atoms with Crippen LogP contribution < -0.4 is 19.5 Å². The normalized spacial score (nSPS) is 13.4. The summed E-state index contributed by atoms with van der Waals surface area (Å²) in [5.41, 5.74) is 0.445. The molecular formula is C13H14N2O4S2. The lowest BCUT2D eigenvalue weighted by atomic mass is 10.3. The zero-order chi connectivity index (χ0) is 14.9. The van der Waals surface area contributed by atoms with Gasteiger partial charge in [-0.3, -0.25) is 4.72 Å². The van der Waals surface area contributed by atoms with Gasteiger partial charge < -0.3 is 14.8 Å². The van der Waals surface area contributed by atoms with E-state index in [4.69, 9.17) is 9.47 Å². The maximum absolute atomic E-state index is 12.3. The standard InChI is InChI=1S/C13H14N2O4S2/c1-14-6-10-5-11(7-20-10)21(16,17)15-9-2-3-12-13(4-9)19-8-18-12/h2-5,7,14-15H,6,8H2,1H3. The van der Waals surface area contributed by atoms with Gasteiger partial charge in [-0.2, -0.15) is 0 Å². The minimum absolute atomic E-state index is 0.156. The van der Waals surface area contributed by atoms with E-state index in [9.17, 15) is 8.42 Å². The number of fused-ring (bicyclic) bond motifs is 1. The Labute approximate surface area is 126 Å². The van der Waals surface area contributed by atoms with Crippen molar-refractivity contribution < 1.29 is 17.9 Å². The van der Waals surface area contributed by atoms with Crippen LogP contribution in [0.25, 0.3) is 0 Å². The molecule has 1 aromatic heterocycles. The first-order valence-corrected chi connectivity index (χ1v) is 8.59. The molecule has 0 bridgehead atoms. The Balaban J connectivity index is 1.82. The molecule has 0 amide bonds. The highest BCUT2D eigenvalue weighted by Gasteiger charge is 2.19. The fourth-order valence-corrected chi connectivity index (χ4v) is 4.28. The van der Waals surface area contributed by atoms with E-state index >= 15 is 0 Å². The molecule has 2 heterocycles. The second-order valence-electron chi connectivity index (χ2n) is 4.45. The fourth-order valence-electron chi connectivity index (χ4n) is 1.94. The highest BCUT2D eigenvalue weighted by Crippen LogP contribution is 2.35. The molecule has 2 aromatic rings. The largest absolute Gasteiger partial charge is 0.454 e. The summed E-state index contributed by atoms with van der Waals surface area (Å²) >= 11 is 1.41. The molecule has 2 N–H and O–H groups in total. The second kappa shape index (κ2) is 5.55. The molecule has 0 spiro atoms. The van der Waals surface area contributed by atoms with Crippen molar-refractivity contribution in [3.63, 3.8) is 0 Å². The minimum Gasteiger partial charge on any atom is -0.454 e. The van der Waals surface area contributed by atoms with Crippen LogP contribution in [0.4, 0.5) is 5.69 Å². The number of ether oxygens (including phenoxy) is 2. The minimum atomic E-state index is -3.59. The molecule has 0 unspecified atom stereocenters. The van der Waals surface area contributed by atoms with Crippen molar-refractivity contribution in [3.05, 3.63) is 34.5 Å². The molecule has 21 heavy (non-hydrogen) atoms. The fraction of sp³-hybridized carbons (Fsp3) is 0.231. The van der Waals surface area contributed by atoms with Gasteiger partial charge in [-0.25, -0.2) is 8.42 Å². The van der Waals surface area contributed by atoms with E-state index in [2.05, 4.69) is 10.0 Å². The first-order chi connectivity index (χ1) is 10.1. The van der Waals surface area contributed by atoms with E-state index in [-0.39, 0.29) is 11.7 Å². The average molecular weight is 326 g/mol. The molecule has 0 atom stereocenters. The molecule has 1 aromatic carbocycles. The third kappa shape index (κ3) is 2.97. The summed E-state index contributed by atoms with van der Waals surface area (Å²) in [6, 6.07) is 6.60. The lowest BCUT2D eigenvalue weighted by molar-refractivity contribution is 0.174. The predicted molar refractivity (Wildman–Crippen MR) is 80.5 cm³/mol. The van der Waals surface area contributed by atoms with Crippen LogP contribution in [0.5, 0.6) is 11.5 Å².